The molecule has 248 valence electrons. The highest BCUT2D eigenvalue weighted by Gasteiger charge is 2.47. The molecule has 1 unspecified atom stereocenters. The van der Waals surface area contributed by atoms with Gasteiger partial charge in [-0.1, -0.05) is 61.6 Å². The van der Waals surface area contributed by atoms with Crippen LogP contribution in [0.3, 0.4) is 0 Å². The maximum atomic E-state index is 14.2. The zero-order chi connectivity index (χ0) is 33.7. The van der Waals surface area contributed by atoms with E-state index in [0.717, 1.165) is 24.5 Å². The lowest BCUT2D eigenvalue weighted by Crippen LogP contribution is -2.62. The molecule has 46 heavy (non-hydrogen) atoms. The molecular formula is C34H48N6O5Si. The van der Waals surface area contributed by atoms with E-state index in [1.165, 1.54) is 6.20 Å². The Morgan fingerprint density at radius 2 is 1.80 bits per heavy atom. The van der Waals surface area contributed by atoms with Crippen LogP contribution in [0, 0.1) is 17.2 Å². The molecule has 0 bridgehead atoms. The first-order valence-electron chi connectivity index (χ1n) is 16.0. The minimum Gasteiger partial charge on any atom is -0.444 e. The summed E-state index contributed by atoms with van der Waals surface area (Å²) in [5, 5.41) is 12.8. The minimum atomic E-state index is -1.33. The fourth-order valence-electron chi connectivity index (χ4n) is 5.88. The lowest BCUT2D eigenvalue weighted by molar-refractivity contribution is -0.130. The number of hydrogen-bond donors (Lipinski definition) is 1. The zero-order valence-electron chi connectivity index (χ0n) is 28.3. The summed E-state index contributed by atoms with van der Waals surface area (Å²) in [5.41, 5.74) is -0.186. The second-order valence-electron chi connectivity index (χ2n) is 14.4. The number of ether oxygens (including phenoxy) is 2. The van der Waals surface area contributed by atoms with E-state index in [1.807, 2.05) is 62.1 Å². The van der Waals surface area contributed by atoms with Gasteiger partial charge in [-0.3, -0.25) is 14.5 Å². The number of nitrogens with zero attached hydrogens (tertiary/aromatic N) is 5. The fourth-order valence-corrected chi connectivity index (χ4v) is 6.64. The van der Waals surface area contributed by atoms with Gasteiger partial charge >= 0.3 is 6.09 Å². The molecule has 1 atom stereocenters. The predicted molar refractivity (Wildman–Crippen MR) is 177 cm³/mol. The number of carbonyl (C=O) groups excluding carboxylic acids is 3. The van der Waals surface area contributed by atoms with Gasteiger partial charge in [-0.15, -0.1) is 0 Å². The van der Waals surface area contributed by atoms with E-state index >= 15 is 0 Å². The van der Waals surface area contributed by atoms with Crippen molar-refractivity contribution in [1.82, 2.24) is 24.7 Å². The van der Waals surface area contributed by atoms with E-state index in [-0.39, 0.29) is 36.6 Å². The molecule has 2 aromatic rings. The van der Waals surface area contributed by atoms with E-state index < -0.39 is 31.3 Å². The van der Waals surface area contributed by atoms with E-state index in [9.17, 15) is 19.6 Å². The Balaban J connectivity index is 1.70. The number of imidazole rings is 1. The number of rotatable bonds is 9. The standard InChI is InChI=1S/C34H48N6O5Si/c1-25(41)38-17-14-26(15-18-38)27-13-16-34(28-11-9-8-10-12-28,40(22-27)32(43)45-33(2,3)4)37-31(42)30-36-29(21-35)23-39(30)24-44-19-20-46(5,6)7/h8-13,23,26H,14-20,22,24H2,1-7H3,(H,37,42). The monoisotopic (exact) mass is 648 g/mol. The van der Waals surface area contributed by atoms with Gasteiger partial charge in [0.05, 0.1) is 0 Å². The van der Waals surface area contributed by atoms with Crippen LogP contribution in [0.2, 0.25) is 25.7 Å². The van der Waals surface area contributed by atoms with Crippen LogP contribution >= 0.6 is 0 Å². The number of benzene rings is 1. The molecule has 1 fully saturated rings. The number of aromatic nitrogens is 2. The zero-order valence-corrected chi connectivity index (χ0v) is 29.3. The highest BCUT2D eigenvalue weighted by Crippen LogP contribution is 2.39. The average Bonchev–Trinajstić information content (AvgIpc) is 3.42. The Labute approximate surface area is 273 Å². The summed E-state index contributed by atoms with van der Waals surface area (Å²) in [6, 6.07) is 12.4. The first kappa shape index (κ1) is 34.9. The highest BCUT2D eigenvalue weighted by molar-refractivity contribution is 6.76. The largest absolute Gasteiger partial charge is 0.444 e. The van der Waals surface area contributed by atoms with Crippen molar-refractivity contribution in [2.45, 2.75) is 90.6 Å². The number of amides is 3. The molecule has 1 aromatic carbocycles. The van der Waals surface area contributed by atoms with E-state index in [1.54, 1.807) is 16.4 Å². The molecule has 3 amide bonds. The number of piperidine rings is 1. The molecule has 1 saturated heterocycles. The summed E-state index contributed by atoms with van der Waals surface area (Å²) in [7, 11) is -1.33. The molecule has 1 aromatic heterocycles. The summed E-state index contributed by atoms with van der Waals surface area (Å²) in [6.45, 7) is 16.0. The first-order valence-corrected chi connectivity index (χ1v) is 19.7. The second-order valence-corrected chi connectivity index (χ2v) is 20.0. The van der Waals surface area contributed by atoms with Crippen LogP contribution in [0.1, 0.15) is 68.8 Å². The van der Waals surface area contributed by atoms with Crippen LogP contribution in [0.15, 0.2) is 48.2 Å². The van der Waals surface area contributed by atoms with Crippen LogP contribution in [-0.2, 0) is 26.7 Å². The Morgan fingerprint density at radius 3 is 2.39 bits per heavy atom. The maximum Gasteiger partial charge on any atom is 0.412 e. The van der Waals surface area contributed by atoms with Crippen molar-refractivity contribution >= 4 is 26.0 Å². The van der Waals surface area contributed by atoms with Crippen LogP contribution in [-0.4, -0.2) is 77.2 Å². The molecular weight excluding hydrogens is 600 g/mol. The smallest absolute Gasteiger partial charge is 0.412 e. The molecule has 2 aliphatic heterocycles. The Kier molecular flexibility index (Phi) is 10.8. The summed E-state index contributed by atoms with van der Waals surface area (Å²) < 4.78 is 13.4. The van der Waals surface area contributed by atoms with Gasteiger partial charge in [0.25, 0.3) is 5.91 Å². The van der Waals surface area contributed by atoms with Crippen molar-refractivity contribution in [2.24, 2.45) is 5.92 Å². The number of likely N-dealkylation sites (tertiary alicyclic amines) is 1. The highest BCUT2D eigenvalue weighted by atomic mass is 28.3. The lowest BCUT2D eigenvalue weighted by atomic mass is 9.82. The summed E-state index contributed by atoms with van der Waals surface area (Å²) in [6.07, 6.45) is 4.96. The third kappa shape index (κ3) is 8.64. The molecule has 3 heterocycles. The summed E-state index contributed by atoms with van der Waals surface area (Å²) in [5.74, 6) is -0.262. The van der Waals surface area contributed by atoms with Crippen molar-refractivity contribution in [2.75, 3.05) is 26.2 Å². The molecule has 11 nitrogen and oxygen atoms in total. The van der Waals surface area contributed by atoms with E-state index in [4.69, 9.17) is 9.47 Å². The van der Waals surface area contributed by atoms with Crippen LogP contribution in [0.4, 0.5) is 4.79 Å². The van der Waals surface area contributed by atoms with Gasteiger partial charge in [-0.05, 0) is 51.1 Å². The molecule has 2 aliphatic rings. The van der Waals surface area contributed by atoms with Crippen molar-refractivity contribution < 1.29 is 23.9 Å². The maximum absolute atomic E-state index is 14.2. The Hall–Kier alpha value is -3.95. The third-order valence-electron chi connectivity index (χ3n) is 8.43. The van der Waals surface area contributed by atoms with Crippen LogP contribution in [0.5, 0.6) is 0 Å². The van der Waals surface area contributed by atoms with Crippen molar-refractivity contribution in [3.05, 3.63) is 65.3 Å². The molecule has 0 saturated carbocycles. The van der Waals surface area contributed by atoms with E-state index in [0.29, 0.717) is 31.7 Å². The topological polar surface area (TPSA) is 130 Å². The second kappa shape index (κ2) is 14.2. The average molecular weight is 649 g/mol. The predicted octanol–water partition coefficient (Wildman–Crippen LogP) is 5.48. The fraction of sp³-hybridized carbons (Fsp3) is 0.559. The lowest BCUT2D eigenvalue weighted by Gasteiger charge is -2.48. The van der Waals surface area contributed by atoms with Crippen molar-refractivity contribution in [3.63, 3.8) is 0 Å². The number of nitriles is 1. The quantitative estimate of drug-likeness (QED) is 0.217. The molecule has 0 radical (unpaired) electrons. The van der Waals surface area contributed by atoms with Gasteiger partial charge in [0.2, 0.25) is 11.7 Å². The molecule has 4 rings (SSSR count). The third-order valence-corrected chi connectivity index (χ3v) is 10.1. The number of carbonyl (C=O) groups is 3. The SMILES string of the molecule is CC(=O)N1CCC(C2=CCC(NC(=O)c3nc(C#N)cn3COCC[Si](C)(C)C)(c3ccccc3)N(C(=O)OC(C)(C)C)C2)CC1. The van der Waals surface area contributed by atoms with E-state index in [2.05, 4.69) is 36.0 Å². The molecule has 0 aliphatic carbocycles. The van der Waals surface area contributed by atoms with Crippen LogP contribution < -0.4 is 5.32 Å². The van der Waals surface area contributed by atoms with Gasteiger partial charge in [0.15, 0.2) is 5.69 Å². The summed E-state index contributed by atoms with van der Waals surface area (Å²) in [4.78, 5) is 48.0. The minimum absolute atomic E-state index is 0.0235. The Bertz CT molecular complexity index is 1480. The number of hydrogen-bond acceptors (Lipinski definition) is 7. The first-order chi connectivity index (χ1) is 21.6. The van der Waals surface area contributed by atoms with Gasteiger partial charge in [-0.25, -0.2) is 9.78 Å². The molecule has 0 spiro atoms. The normalized spacial score (nSPS) is 19.3. The Morgan fingerprint density at radius 1 is 1.13 bits per heavy atom. The molecule has 1 N–H and O–H groups in total. The molecule has 12 heteroatoms. The van der Waals surface area contributed by atoms with Gasteiger partial charge in [0, 0.05) is 53.9 Å². The van der Waals surface area contributed by atoms with Crippen LogP contribution in [0.25, 0.3) is 0 Å². The summed E-state index contributed by atoms with van der Waals surface area (Å²) >= 11 is 0. The van der Waals surface area contributed by atoms with Crippen molar-refractivity contribution in [1.29, 1.82) is 5.26 Å². The van der Waals surface area contributed by atoms with Gasteiger partial charge in [-0.2, -0.15) is 5.26 Å². The van der Waals surface area contributed by atoms with Gasteiger partial charge in [0.1, 0.15) is 24.1 Å². The number of nitrogens with one attached hydrogen (secondary N) is 1. The van der Waals surface area contributed by atoms with Gasteiger partial charge < -0.3 is 24.3 Å². The van der Waals surface area contributed by atoms with Crippen molar-refractivity contribution in [3.8, 4) is 6.07 Å².